The van der Waals surface area contributed by atoms with Crippen LogP contribution in [0.15, 0.2) is 12.3 Å². The van der Waals surface area contributed by atoms with Gasteiger partial charge in [0.05, 0.1) is 0 Å². The molecule has 0 saturated carbocycles. The Bertz CT molecular complexity index is 252. The predicted molar refractivity (Wildman–Crippen MR) is 70.5 cm³/mol. The Labute approximate surface area is 95.9 Å². The maximum Gasteiger partial charge on any atom is 0.0404 e. The highest BCUT2D eigenvalue weighted by atomic mass is 14.7. The number of aryl methyl sites for hydroxylation is 1. The smallest absolute Gasteiger partial charge is 0.0404 e. The Morgan fingerprint density at radius 1 is 1.00 bits per heavy atom. The highest BCUT2D eigenvalue weighted by molar-refractivity contribution is 5.29. The molecule has 0 atom stereocenters. The number of nitrogens with zero attached hydrogens (tertiary/aromatic N) is 1. The molecule has 0 radical (unpaired) electrons. The van der Waals surface area contributed by atoms with E-state index in [1.165, 1.54) is 11.1 Å². The largest absolute Gasteiger partial charge is 0.261 e. The molecule has 0 bridgehead atoms. The molecule has 1 rings (SSSR count). The molecular weight excluding hydrogens is 182 g/mol. The van der Waals surface area contributed by atoms with E-state index in [0.29, 0.717) is 5.92 Å². The molecule has 1 heterocycles. The third-order valence-corrected chi connectivity index (χ3v) is 2.12. The SMILES string of the molecule is CC.CC.Cc1nccc(C(C)C)c1C. The Morgan fingerprint density at radius 3 is 1.80 bits per heavy atom. The second kappa shape index (κ2) is 9.70. The highest BCUT2D eigenvalue weighted by Gasteiger charge is 2.04. The summed E-state index contributed by atoms with van der Waals surface area (Å²) in [6.07, 6.45) is 1.89. The van der Waals surface area contributed by atoms with Gasteiger partial charge in [-0.2, -0.15) is 0 Å². The summed E-state index contributed by atoms with van der Waals surface area (Å²) in [4.78, 5) is 4.22. The van der Waals surface area contributed by atoms with Gasteiger partial charge in [-0.15, -0.1) is 0 Å². The van der Waals surface area contributed by atoms with Crippen LogP contribution in [0.3, 0.4) is 0 Å². The normalized spacial score (nSPS) is 8.60. The zero-order valence-corrected chi connectivity index (χ0v) is 11.7. The minimum absolute atomic E-state index is 0.608. The Hall–Kier alpha value is -0.850. The van der Waals surface area contributed by atoms with E-state index in [0.717, 1.165) is 5.69 Å². The fourth-order valence-corrected chi connectivity index (χ4v) is 1.29. The van der Waals surface area contributed by atoms with Crippen molar-refractivity contribution in [3.63, 3.8) is 0 Å². The van der Waals surface area contributed by atoms with Crippen molar-refractivity contribution < 1.29 is 0 Å². The predicted octanol–water partition coefficient (Wildman–Crippen LogP) is 4.87. The van der Waals surface area contributed by atoms with Gasteiger partial charge in [0.2, 0.25) is 0 Å². The third kappa shape index (κ3) is 5.56. The van der Waals surface area contributed by atoms with Crippen LogP contribution in [0, 0.1) is 13.8 Å². The lowest BCUT2D eigenvalue weighted by molar-refractivity contribution is 0.846. The molecule has 0 saturated heterocycles. The highest BCUT2D eigenvalue weighted by Crippen LogP contribution is 2.19. The summed E-state index contributed by atoms with van der Waals surface area (Å²) in [7, 11) is 0. The van der Waals surface area contributed by atoms with Crippen molar-refractivity contribution >= 4 is 0 Å². The summed E-state index contributed by atoms with van der Waals surface area (Å²) in [5.41, 5.74) is 3.90. The van der Waals surface area contributed by atoms with Crippen LogP contribution in [-0.2, 0) is 0 Å². The zero-order valence-electron chi connectivity index (χ0n) is 11.7. The number of hydrogen-bond donors (Lipinski definition) is 0. The first-order chi connectivity index (χ1) is 7.13. The van der Waals surface area contributed by atoms with Crippen molar-refractivity contribution in [2.45, 2.75) is 61.3 Å². The molecule has 0 unspecified atom stereocenters. The molecule has 0 aliphatic carbocycles. The fraction of sp³-hybridized carbons (Fsp3) is 0.643. The zero-order chi connectivity index (χ0) is 12.4. The van der Waals surface area contributed by atoms with Crippen LogP contribution in [0.5, 0.6) is 0 Å². The van der Waals surface area contributed by atoms with Crippen molar-refractivity contribution in [3.8, 4) is 0 Å². The molecule has 0 fully saturated rings. The fourth-order valence-electron chi connectivity index (χ4n) is 1.29. The van der Waals surface area contributed by atoms with Gasteiger partial charge in [0.15, 0.2) is 0 Å². The van der Waals surface area contributed by atoms with Gasteiger partial charge in [0.1, 0.15) is 0 Å². The van der Waals surface area contributed by atoms with Crippen LogP contribution in [0.4, 0.5) is 0 Å². The van der Waals surface area contributed by atoms with Gasteiger partial charge >= 0.3 is 0 Å². The second-order valence-corrected chi connectivity index (χ2v) is 3.27. The monoisotopic (exact) mass is 209 g/mol. The number of hydrogen-bond acceptors (Lipinski definition) is 1. The molecule has 0 aliphatic rings. The quantitative estimate of drug-likeness (QED) is 0.642. The van der Waals surface area contributed by atoms with Crippen molar-refractivity contribution in [3.05, 3.63) is 29.1 Å². The first-order valence-corrected chi connectivity index (χ1v) is 6.05. The van der Waals surface area contributed by atoms with Gasteiger partial charge in [-0.25, -0.2) is 0 Å². The number of rotatable bonds is 1. The molecule has 15 heavy (non-hydrogen) atoms. The standard InChI is InChI=1S/C10H15N.2C2H6/c1-7(2)10-5-6-11-9(4)8(10)3;2*1-2/h5-7H,1-4H3;2*1-2H3. The minimum atomic E-state index is 0.608. The van der Waals surface area contributed by atoms with Crippen LogP contribution in [-0.4, -0.2) is 4.98 Å². The molecule has 1 nitrogen and oxygen atoms in total. The van der Waals surface area contributed by atoms with Crippen LogP contribution < -0.4 is 0 Å². The summed E-state index contributed by atoms with van der Waals surface area (Å²) in [6, 6.07) is 2.10. The average Bonchev–Trinajstić information content (AvgIpc) is 2.27. The van der Waals surface area contributed by atoms with Gasteiger partial charge in [0.25, 0.3) is 0 Å². The van der Waals surface area contributed by atoms with Crippen LogP contribution in [0.1, 0.15) is 64.3 Å². The molecule has 0 N–H and O–H groups in total. The van der Waals surface area contributed by atoms with E-state index in [-0.39, 0.29) is 0 Å². The van der Waals surface area contributed by atoms with Crippen LogP contribution in [0.25, 0.3) is 0 Å². The van der Waals surface area contributed by atoms with E-state index in [2.05, 4.69) is 38.7 Å². The maximum absolute atomic E-state index is 4.22. The van der Waals surface area contributed by atoms with Gasteiger partial charge in [0, 0.05) is 11.9 Å². The minimum Gasteiger partial charge on any atom is -0.261 e. The summed E-state index contributed by atoms with van der Waals surface area (Å²) < 4.78 is 0. The van der Waals surface area contributed by atoms with Crippen molar-refractivity contribution in [1.82, 2.24) is 4.98 Å². The molecule has 0 spiro atoms. The lowest BCUT2D eigenvalue weighted by atomic mass is 9.98. The van der Waals surface area contributed by atoms with Gasteiger partial charge in [-0.3, -0.25) is 4.98 Å². The molecule has 88 valence electrons. The number of aromatic nitrogens is 1. The molecule has 0 aliphatic heterocycles. The first-order valence-electron chi connectivity index (χ1n) is 6.05. The molecule has 1 heteroatoms. The third-order valence-electron chi connectivity index (χ3n) is 2.12. The number of pyridine rings is 1. The van der Waals surface area contributed by atoms with E-state index < -0.39 is 0 Å². The van der Waals surface area contributed by atoms with Crippen LogP contribution >= 0.6 is 0 Å². The van der Waals surface area contributed by atoms with E-state index in [1.807, 2.05) is 33.9 Å². The van der Waals surface area contributed by atoms with Gasteiger partial charge < -0.3 is 0 Å². The van der Waals surface area contributed by atoms with E-state index in [4.69, 9.17) is 0 Å². The van der Waals surface area contributed by atoms with Gasteiger partial charge in [-0.05, 0) is 37.0 Å². The molecule has 0 amide bonds. The van der Waals surface area contributed by atoms with Crippen LogP contribution in [0.2, 0.25) is 0 Å². The van der Waals surface area contributed by atoms with E-state index in [1.54, 1.807) is 0 Å². The van der Waals surface area contributed by atoms with Crippen molar-refractivity contribution in [2.24, 2.45) is 0 Å². The average molecular weight is 209 g/mol. The molecule has 1 aromatic rings. The van der Waals surface area contributed by atoms with Gasteiger partial charge in [-0.1, -0.05) is 41.5 Å². The molecular formula is C14H27N. The van der Waals surface area contributed by atoms with E-state index in [9.17, 15) is 0 Å². The first kappa shape index (κ1) is 16.6. The summed E-state index contributed by atoms with van der Waals surface area (Å²) in [6.45, 7) is 16.6. The summed E-state index contributed by atoms with van der Waals surface area (Å²) in [5.74, 6) is 0.608. The summed E-state index contributed by atoms with van der Waals surface area (Å²) in [5, 5.41) is 0. The second-order valence-electron chi connectivity index (χ2n) is 3.27. The van der Waals surface area contributed by atoms with Crippen molar-refractivity contribution in [2.75, 3.05) is 0 Å². The molecule has 1 aromatic heterocycles. The van der Waals surface area contributed by atoms with E-state index >= 15 is 0 Å². The lowest BCUT2D eigenvalue weighted by Crippen LogP contribution is -1.95. The Kier molecular flexibility index (Phi) is 10.7. The Morgan fingerprint density at radius 2 is 1.47 bits per heavy atom. The Balaban J connectivity index is 0. The lowest BCUT2D eigenvalue weighted by Gasteiger charge is -2.10. The van der Waals surface area contributed by atoms with Crippen molar-refractivity contribution in [1.29, 1.82) is 0 Å². The molecule has 0 aromatic carbocycles. The maximum atomic E-state index is 4.22. The summed E-state index contributed by atoms with van der Waals surface area (Å²) >= 11 is 0. The topological polar surface area (TPSA) is 12.9 Å².